The zero-order valence-corrected chi connectivity index (χ0v) is 11.7. The summed E-state index contributed by atoms with van der Waals surface area (Å²) >= 11 is 3.31. The number of benzene rings is 1. The van der Waals surface area contributed by atoms with Crippen LogP contribution in [-0.4, -0.2) is 38.1 Å². The summed E-state index contributed by atoms with van der Waals surface area (Å²) in [5, 5.41) is 0. The number of hydrogen-bond donors (Lipinski definition) is 1. The smallest absolute Gasteiger partial charge is 0.255 e. The molecule has 1 amide bonds. The van der Waals surface area contributed by atoms with Crippen molar-refractivity contribution >= 4 is 27.5 Å². The summed E-state index contributed by atoms with van der Waals surface area (Å²) in [7, 11) is 3.41. The zero-order valence-electron chi connectivity index (χ0n) is 10.1. The highest BCUT2D eigenvalue weighted by atomic mass is 79.9. The fraction of sp³-hybridized carbons (Fsp3) is 0.417. The highest BCUT2D eigenvalue weighted by Gasteiger charge is 2.14. The number of anilines is 1. The summed E-state index contributed by atoms with van der Waals surface area (Å²) in [6.07, 6.45) is 0.815. The van der Waals surface area contributed by atoms with Crippen molar-refractivity contribution in [2.75, 3.05) is 33.0 Å². The lowest BCUT2D eigenvalue weighted by molar-refractivity contribution is 0.0780. The van der Waals surface area contributed by atoms with E-state index in [2.05, 4.69) is 15.9 Å². The summed E-state index contributed by atoms with van der Waals surface area (Å²) in [4.78, 5) is 13.7. The second-order valence-electron chi connectivity index (χ2n) is 3.80. The number of nitrogens with two attached hydrogens (primary N) is 1. The number of amides is 1. The molecule has 0 bridgehead atoms. The molecule has 0 aromatic heterocycles. The molecule has 0 heterocycles. The first-order valence-electron chi connectivity index (χ1n) is 5.35. The van der Waals surface area contributed by atoms with Crippen LogP contribution in [0.25, 0.3) is 0 Å². The van der Waals surface area contributed by atoms with Gasteiger partial charge in [-0.05, 0) is 24.6 Å². The average molecular weight is 301 g/mol. The van der Waals surface area contributed by atoms with Crippen molar-refractivity contribution in [2.24, 2.45) is 0 Å². The van der Waals surface area contributed by atoms with Crippen LogP contribution in [0, 0.1) is 0 Å². The molecule has 0 fully saturated rings. The molecule has 1 aromatic carbocycles. The number of rotatable bonds is 5. The first-order chi connectivity index (χ1) is 8.06. The first-order valence-corrected chi connectivity index (χ1v) is 6.15. The van der Waals surface area contributed by atoms with Crippen LogP contribution in [0.5, 0.6) is 0 Å². The Bertz CT molecular complexity index is 396. The molecule has 0 unspecified atom stereocenters. The molecule has 17 heavy (non-hydrogen) atoms. The van der Waals surface area contributed by atoms with Crippen LogP contribution in [0.3, 0.4) is 0 Å². The molecule has 1 rings (SSSR count). The van der Waals surface area contributed by atoms with Gasteiger partial charge in [-0.1, -0.05) is 15.9 Å². The minimum Gasteiger partial charge on any atom is -0.398 e. The third-order valence-corrected chi connectivity index (χ3v) is 2.93. The van der Waals surface area contributed by atoms with Crippen LogP contribution in [0.2, 0.25) is 0 Å². The van der Waals surface area contributed by atoms with Crippen molar-refractivity contribution in [3.63, 3.8) is 0 Å². The molecule has 0 aliphatic carbocycles. The Balaban J connectivity index is 2.68. The minimum absolute atomic E-state index is 0.0638. The van der Waals surface area contributed by atoms with E-state index in [1.165, 1.54) is 0 Å². The van der Waals surface area contributed by atoms with Gasteiger partial charge < -0.3 is 15.4 Å². The highest BCUT2D eigenvalue weighted by Crippen LogP contribution is 2.19. The molecule has 0 saturated heterocycles. The Morgan fingerprint density at radius 3 is 2.82 bits per heavy atom. The third kappa shape index (κ3) is 4.02. The van der Waals surface area contributed by atoms with Gasteiger partial charge >= 0.3 is 0 Å². The van der Waals surface area contributed by atoms with E-state index in [1.807, 2.05) is 6.07 Å². The maximum Gasteiger partial charge on any atom is 0.255 e. The predicted octanol–water partition coefficient (Wildman–Crippen LogP) is 2.14. The van der Waals surface area contributed by atoms with Gasteiger partial charge in [0.15, 0.2) is 0 Å². The molecular formula is C12H17BrN2O2. The Morgan fingerprint density at radius 2 is 2.24 bits per heavy atom. The predicted molar refractivity (Wildman–Crippen MR) is 72.0 cm³/mol. The minimum atomic E-state index is -0.0638. The van der Waals surface area contributed by atoms with E-state index < -0.39 is 0 Å². The lowest BCUT2D eigenvalue weighted by Gasteiger charge is -2.18. The largest absolute Gasteiger partial charge is 0.398 e. The fourth-order valence-corrected chi connectivity index (χ4v) is 1.86. The topological polar surface area (TPSA) is 55.6 Å². The van der Waals surface area contributed by atoms with Crippen LogP contribution in [0.15, 0.2) is 22.7 Å². The molecule has 5 heteroatoms. The van der Waals surface area contributed by atoms with E-state index in [1.54, 1.807) is 31.2 Å². The quantitative estimate of drug-likeness (QED) is 0.669. The van der Waals surface area contributed by atoms with Crippen molar-refractivity contribution in [2.45, 2.75) is 6.42 Å². The van der Waals surface area contributed by atoms with Crippen molar-refractivity contribution in [1.29, 1.82) is 0 Å². The van der Waals surface area contributed by atoms with Gasteiger partial charge in [-0.3, -0.25) is 4.79 Å². The third-order valence-electron chi connectivity index (χ3n) is 2.43. The number of carbonyl (C=O) groups is 1. The van der Waals surface area contributed by atoms with Crippen molar-refractivity contribution in [3.8, 4) is 0 Å². The van der Waals surface area contributed by atoms with Crippen LogP contribution < -0.4 is 5.73 Å². The van der Waals surface area contributed by atoms with Gasteiger partial charge in [0.1, 0.15) is 0 Å². The Kier molecular flexibility index (Phi) is 5.44. The maximum atomic E-state index is 12.1. The van der Waals surface area contributed by atoms with Gasteiger partial charge in [-0.2, -0.15) is 0 Å². The van der Waals surface area contributed by atoms with Crippen molar-refractivity contribution < 1.29 is 9.53 Å². The monoisotopic (exact) mass is 300 g/mol. The summed E-state index contributed by atoms with van der Waals surface area (Å²) in [5.74, 6) is -0.0638. The SMILES string of the molecule is COCCCN(C)C(=O)c1ccc(Br)cc1N. The van der Waals surface area contributed by atoms with Gasteiger partial charge in [-0.15, -0.1) is 0 Å². The summed E-state index contributed by atoms with van der Waals surface area (Å²) < 4.78 is 5.82. The van der Waals surface area contributed by atoms with Gasteiger partial charge in [0, 0.05) is 37.5 Å². The number of methoxy groups -OCH3 is 1. The molecule has 94 valence electrons. The van der Waals surface area contributed by atoms with Gasteiger partial charge in [0.2, 0.25) is 0 Å². The van der Waals surface area contributed by atoms with Crippen LogP contribution in [-0.2, 0) is 4.74 Å². The summed E-state index contributed by atoms with van der Waals surface area (Å²) in [6.45, 7) is 1.30. The molecular weight excluding hydrogens is 284 g/mol. The fourth-order valence-electron chi connectivity index (χ4n) is 1.48. The van der Waals surface area contributed by atoms with E-state index >= 15 is 0 Å². The van der Waals surface area contributed by atoms with Crippen molar-refractivity contribution in [1.82, 2.24) is 4.90 Å². The van der Waals surface area contributed by atoms with E-state index in [0.717, 1.165) is 10.9 Å². The zero-order chi connectivity index (χ0) is 12.8. The normalized spacial score (nSPS) is 10.3. The average Bonchev–Trinajstić information content (AvgIpc) is 2.28. The van der Waals surface area contributed by atoms with E-state index in [4.69, 9.17) is 10.5 Å². The highest BCUT2D eigenvalue weighted by molar-refractivity contribution is 9.10. The number of hydrogen-bond acceptors (Lipinski definition) is 3. The Hall–Kier alpha value is -1.07. The number of halogens is 1. The molecule has 0 saturated carbocycles. The van der Waals surface area contributed by atoms with Crippen LogP contribution in [0.1, 0.15) is 16.8 Å². The number of nitrogens with zero attached hydrogens (tertiary/aromatic N) is 1. The van der Waals surface area contributed by atoms with Gasteiger partial charge in [0.05, 0.1) is 5.56 Å². The first kappa shape index (κ1) is 14.0. The van der Waals surface area contributed by atoms with Crippen molar-refractivity contribution in [3.05, 3.63) is 28.2 Å². The second-order valence-corrected chi connectivity index (χ2v) is 4.72. The molecule has 0 atom stereocenters. The van der Waals surface area contributed by atoms with E-state index in [0.29, 0.717) is 24.4 Å². The molecule has 4 nitrogen and oxygen atoms in total. The molecule has 1 aromatic rings. The maximum absolute atomic E-state index is 12.1. The molecule has 0 radical (unpaired) electrons. The second kappa shape index (κ2) is 6.61. The van der Waals surface area contributed by atoms with E-state index in [-0.39, 0.29) is 5.91 Å². The summed E-state index contributed by atoms with van der Waals surface area (Å²) in [5.41, 5.74) is 6.84. The molecule has 0 spiro atoms. The number of nitrogen functional groups attached to an aromatic ring is 1. The van der Waals surface area contributed by atoms with E-state index in [9.17, 15) is 4.79 Å². The van der Waals surface area contributed by atoms with Crippen LogP contribution >= 0.6 is 15.9 Å². The Labute approximate surface area is 110 Å². The lowest BCUT2D eigenvalue weighted by atomic mass is 10.1. The van der Waals surface area contributed by atoms with Crippen LogP contribution in [0.4, 0.5) is 5.69 Å². The standard InChI is InChI=1S/C12H17BrN2O2/c1-15(6-3-7-17-2)12(16)10-5-4-9(13)8-11(10)14/h4-5,8H,3,6-7,14H2,1-2H3. The number of carbonyl (C=O) groups excluding carboxylic acids is 1. The molecule has 0 aliphatic heterocycles. The Morgan fingerprint density at radius 1 is 1.53 bits per heavy atom. The summed E-state index contributed by atoms with van der Waals surface area (Å²) in [6, 6.07) is 5.28. The van der Waals surface area contributed by atoms with Gasteiger partial charge in [-0.25, -0.2) is 0 Å². The van der Waals surface area contributed by atoms with Gasteiger partial charge in [0.25, 0.3) is 5.91 Å². The lowest BCUT2D eigenvalue weighted by Crippen LogP contribution is -2.29. The number of ether oxygens (including phenoxy) is 1. The molecule has 0 aliphatic rings. The molecule has 2 N–H and O–H groups in total.